The summed E-state index contributed by atoms with van der Waals surface area (Å²) in [5.41, 5.74) is 11.6. The van der Waals surface area contributed by atoms with Crippen LogP contribution in [0.5, 0.6) is 5.75 Å². The Hall–Kier alpha value is -3.43. The first-order valence-electron chi connectivity index (χ1n) is 14.1. The number of hydrogen-bond donors (Lipinski definition) is 0. The van der Waals surface area contributed by atoms with E-state index in [1.807, 2.05) is 0 Å². The number of hydrogen-bond acceptors (Lipinski definition) is 3. The van der Waals surface area contributed by atoms with E-state index in [-0.39, 0.29) is 0 Å². The third kappa shape index (κ3) is 5.54. The minimum absolute atomic E-state index is 0.474. The summed E-state index contributed by atoms with van der Waals surface area (Å²) in [6, 6.07) is 29.1. The lowest BCUT2D eigenvalue weighted by Crippen LogP contribution is -2.38. The zero-order chi connectivity index (χ0) is 26.5. The molecule has 0 radical (unpaired) electrons. The summed E-state index contributed by atoms with van der Waals surface area (Å²) in [5.74, 6) is 0.940. The SMILES string of the molecule is CCc1cccc(CC)c1-c1cc(OC)c(CN(Cc2ccccc2)C2CCc3ccccc3C2)c(C)n1. The molecule has 1 aliphatic carbocycles. The molecule has 3 nitrogen and oxygen atoms in total. The molecule has 3 aromatic carbocycles. The number of pyridine rings is 1. The van der Waals surface area contributed by atoms with Crippen LogP contribution in [0.25, 0.3) is 11.3 Å². The standard InChI is InChI=1S/C35H40N2O/c1-5-27-17-12-18-28(6-2)35(27)33-22-34(38-4)32(25(3)36-33)24-37(23-26-13-8-7-9-14-26)31-20-19-29-15-10-11-16-30(29)21-31/h7-18,22,31H,5-6,19-21,23-24H2,1-4H3. The van der Waals surface area contributed by atoms with Crippen LogP contribution in [0.1, 0.15) is 59.3 Å². The highest BCUT2D eigenvalue weighted by atomic mass is 16.5. The zero-order valence-electron chi connectivity index (χ0n) is 23.3. The van der Waals surface area contributed by atoms with E-state index in [1.54, 1.807) is 7.11 Å². The number of aryl methyl sites for hydroxylation is 4. The van der Waals surface area contributed by atoms with E-state index in [2.05, 4.69) is 105 Å². The van der Waals surface area contributed by atoms with Crippen LogP contribution in [0, 0.1) is 6.92 Å². The van der Waals surface area contributed by atoms with Crippen LogP contribution in [0.2, 0.25) is 0 Å². The minimum Gasteiger partial charge on any atom is -0.496 e. The molecule has 196 valence electrons. The van der Waals surface area contributed by atoms with Crippen LogP contribution in [0.15, 0.2) is 78.9 Å². The first-order chi connectivity index (χ1) is 18.6. The van der Waals surface area contributed by atoms with Crippen molar-refractivity contribution in [1.82, 2.24) is 9.88 Å². The second-order valence-electron chi connectivity index (χ2n) is 10.5. The maximum Gasteiger partial charge on any atom is 0.127 e. The molecule has 0 saturated heterocycles. The van der Waals surface area contributed by atoms with Gasteiger partial charge in [-0.3, -0.25) is 9.88 Å². The molecule has 0 N–H and O–H groups in total. The maximum absolute atomic E-state index is 6.06. The van der Waals surface area contributed by atoms with Gasteiger partial charge in [0.1, 0.15) is 5.75 Å². The van der Waals surface area contributed by atoms with Gasteiger partial charge < -0.3 is 4.74 Å². The lowest BCUT2D eigenvalue weighted by atomic mass is 9.87. The molecule has 38 heavy (non-hydrogen) atoms. The van der Waals surface area contributed by atoms with Gasteiger partial charge in [0.15, 0.2) is 0 Å². The van der Waals surface area contributed by atoms with E-state index in [4.69, 9.17) is 9.72 Å². The first-order valence-corrected chi connectivity index (χ1v) is 14.1. The zero-order valence-corrected chi connectivity index (χ0v) is 23.3. The van der Waals surface area contributed by atoms with Crippen molar-refractivity contribution in [2.45, 2.75) is 72.0 Å². The number of fused-ring (bicyclic) bond motifs is 1. The molecule has 5 rings (SSSR count). The van der Waals surface area contributed by atoms with Gasteiger partial charge >= 0.3 is 0 Å². The van der Waals surface area contributed by atoms with Crippen molar-refractivity contribution in [3.63, 3.8) is 0 Å². The summed E-state index contributed by atoms with van der Waals surface area (Å²) >= 11 is 0. The molecule has 1 unspecified atom stereocenters. The van der Waals surface area contributed by atoms with Crippen LogP contribution in [0.4, 0.5) is 0 Å². The van der Waals surface area contributed by atoms with E-state index in [9.17, 15) is 0 Å². The Bertz CT molecular complexity index is 1360. The summed E-state index contributed by atoms with van der Waals surface area (Å²) in [5, 5.41) is 0. The third-order valence-electron chi connectivity index (χ3n) is 8.19. The molecule has 4 aromatic rings. The predicted molar refractivity (Wildman–Crippen MR) is 158 cm³/mol. The molecule has 0 bridgehead atoms. The van der Waals surface area contributed by atoms with Crippen molar-refractivity contribution in [2.24, 2.45) is 0 Å². The molecule has 0 saturated carbocycles. The fourth-order valence-electron chi connectivity index (χ4n) is 6.07. The van der Waals surface area contributed by atoms with Crippen molar-refractivity contribution in [3.8, 4) is 17.0 Å². The van der Waals surface area contributed by atoms with Gasteiger partial charge in [-0.25, -0.2) is 0 Å². The molecule has 0 spiro atoms. The summed E-state index contributed by atoms with van der Waals surface area (Å²) in [6.45, 7) is 8.33. The van der Waals surface area contributed by atoms with Gasteiger partial charge in [-0.05, 0) is 66.8 Å². The number of ether oxygens (including phenoxy) is 1. The molecule has 1 heterocycles. The largest absolute Gasteiger partial charge is 0.496 e. The molecule has 1 aliphatic rings. The molecule has 1 atom stereocenters. The van der Waals surface area contributed by atoms with E-state index in [0.717, 1.165) is 55.9 Å². The van der Waals surface area contributed by atoms with Gasteiger partial charge in [-0.1, -0.05) is 86.6 Å². The predicted octanol–water partition coefficient (Wildman–Crippen LogP) is 7.75. The molecular formula is C35H40N2O. The van der Waals surface area contributed by atoms with Crippen LogP contribution in [0.3, 0.4) is 0 Å². The van der Waals surface area contributed by atoms with Crippen molar-refractivity contribution in [2.75, 3.05) is 7.11 Å². The van der Waals surface area contributed by atoms with Gasteiger partial charge in [0.05, 0.1) is 12.8 Å². The minimum atomic E-state index is 0.474. The first kappa shape index (κ1) is 26.2. The summed E-state index contributed by atoms with van der Waals surface area (Å²) in [6.07, 6.45) is 5.36. The van der Waals surface area contributed by atoms with Crippen LogP contribution < -0.4 is 4.74 Å². The smallest absolute Gasteiger partial charge is 0.127 e. The molecule has 0 aliphatic heterocycles. The van der Waals surface area contributed by atoms with Crippen molar-refractivity contribution >= 4 is 0 Å². The van der Waals surface area contributed by atoms with Crippen LogP contribution in [-0.2, 0) is 38.8 Å². The Balaban J connectivity index is 1.51. The summed E-state index contributed by atoms with van der Waals surface area (Å²) in [7, 11) is 1.80. The van der Waals surface area contributed by atoms with Gasteiger partial charge in [0, 0.05) is 42.0 Å². The molecule has 3 heteroatoms. The normalized spacial score (nSPS) is 14.9. The Morgan fingerprint density at radius 1 is 0.842 bits per heavy atom. The summed E-state index contributed by atoms with van der Waals surface area (Å²) < 4.78 is 6.06. The van der Waals surface area contributed by atoms with Crippen LogP contribution >= 0.6 is 0 Å². The Kier molecular flexibility index (Phi) is 8.24. The quantitative estimate of drug-likeness (QED) is 0.233. The van der Waals surface area contributed by atoms with Gasteiger partial charge in [0.2, 0.25) is 0 Å². The highest BCUT2D eigenvalue weighted by Gasteiger charge is 2.26. The number of aromatic nitrogens is 1. The Morgan fingerprint density at radius 3 is 2.21 bits per heavy atom. The number of nitrogens with zero attached hydrogens (tertiary/aromatic N) is 2. The second kappa shape index (κ2) is 12.0. The van der Waals surface area contributed by atoms with Gasteiger partial charge in [-0.15, -0.1) is 0 Å². The monoisotopic (exact) mass is 504 g/mol. The van der Waals surface area contributed by atoms with Crippen molar-refractivity contribution in [3.05, 3.63) is 118 Å². The van der Waals surface area contributed by atoms with E-state index < -0.39 is 0 Å². The fraction of sp³-hybridized carbons (Fsp3) is 0.343. The third-order valence-corrected chi connectivity index (χ3v) is 8.19. The lowest BCUT2D eigenvalue weighted by Gasteiger charge is -2.36. The average molecular weight is 505 g/mol. The molecule has 0 amide bonds. The van der Waals surface area contributed by atoms with E-state index >= 15 is 0 Å². The van der Waals surface area contributed by atoms with E-state index in [1.165, 1.54) is 45.4 Å². The molecule has 1 aromatic heterocycles. The Morgan fingerprint density at radius 2 is 1.53 bits per heavy atom. The topological polar surface area (TPSA) is 25.4 Å². The van der Waals surface area contributed by atoms with Crippen molar-refractivity contribution < 1.29 is 4.74 Å². The van der Waals surface area contributed by atoms with Crippen LogP contribution in [-0.4, -0.2) is 23.0 Å². The molecule has 0 fully saturated rings. The summed E-state index contributed by atoms with van der Waals surface area (Å²) in [4.78, 5) is 7.85. The highest BCUT2D eigenvalue weighted by Crippen LogP contribution is 2.35. The van der Waals surface area contributed by atoms with Gasteiger partial charge in [0.25, 0.3) is 0 Å². The van der Waals surface area contributed by atoms with E-state index in [0.29, 0.717) is 6.04 Å². The maximum atomic E-state index is 6.06. The number of methoxy groups -OCH3 is 1. The Labute approximate surface area is 228 Å². The molecular weight excluding hydrogens is 464 g/mol. The second-order valence-corrected chi connectivity index (χ2v) is 10.5. The van der Waals surface area contributed by atoms with Gasteiger partial charge in [-0.2, -0.15) is 0 Å². The fourth-order valence-corrected chi connectivity index (χ4v) is 6.07. The average Bonchev–Trinajstić information content (AvgIpc) is 2.97. The number of rotatable bonds is 9. The lowest BCUT2D eigenvalue weighted by molar-refractivity contribution is 0.160. The highest BCUT2D eigenvalue weighted by molar-refractivity contribution is 5.70. The van der Waals surface area contributed by atoms with Crippen molar-refractivity contribution in [1.29, 1.82) is 0 Å². The number of benzene rings is 3.